The first-order valence-electron chi connectivity index (χ1n) is 11.3. The van der Waals surface area contributed by atoms with Crippen LogP contribution < -0.4 is 14.4 Å². The third kappa shape index (κ3) is 4.95. The number of nitrogens with zero attached hydrogens (tertiary/aromatic N) is 4. The van der Waals surface area contributed by atoms with Gasteiger partial charge in [0.15, 0.2) is 5.69 Å². The molecule has 0 radical (unpaired) electrons. The van der Waals surface area contributed by atoms with Crippen molar-refractivity contribution in [1.29, 1.82) is 0 Å². The largest absolute Gasteiger partial charge is 0.494 e. The molecule has 3 aromatic rings. The summed E-state index contributed by atoms with van der Waals surface area (Å²) >= 11 is 1.50. The van der Waals surface area contributed by atoms with Gasteiger partial charge >= 0.3 is 0 Å². The van der Waals surface area contributed by atoms with Crippen LogP contribution in [0, 0.1) is 0 Å². The summed E-state index contributed by atoms with van der Waals surface area (Å²) < 4.78 is 12.2. The molecule has 2 heterocycles. The number of fused-ring (bicyclic) bond motifs is 3. The molecule has 2 aromatic carbocycles. The third-order valence-electron chi connectivity index (χ3n) is 5.16. The second kappa shape index (κ2) is 10.7. The molecule has 0 spiro atoms. The standard InChI is InChI=1S/C25H28N4O3S/c1-4-9-21(30)29-20-11-8-7-10-19(20)22-23(26-25(28-27-22)33-6-3)32-24(29)17-12-14-18(15-13-17)31-16-5-2/h7-8,10-15,24H,4-6,9,16H2,1-3H3/t24-/m0/s1. The lowest BCUT2D eigenvalue weighted by Crippen LogP contribution is -2.37. The van der Waals surface area contributed by atoms with Crippen molar-refractivity contribution >= 4 is 23.4 Å². The highest BCUT2D eigenvalue weighted by molar-refractivity contribution is 7.99. The van der Waals surface area contributed by atoms with E-state index in [2.05, 4.69) is 22.1 Å². The Balaban J connectivity index is 1.84. The number of amides is 1. The summed E-state index contributed by atoms with van der Waals surface area (Å²) in [5.41, 5.74) is 2.87. The molecule has 0 fully saturated rings. The minimum absolute atomic E-state index is 0.0230. The highest BCUT2D eigenvalue weighted by Crippen LogP contribution is 2.43. The second-order valence-electron chi connectivity index (χ2n) is 7.60. The number of hydrogen-bond acceptors (Lipinski definition) is 7. The van der Waals surface area contributed by atoms with Crippen LogP contribution in [0.25, 0.3) is 11.3 Å². The molecule has 0 unspecified atom stereocenters. The number of hydrogen-bond donors (Lipinski definition) is 0. The Morgan fingerprint density at radius 3 is 2.58 bits per heavy atom. The van der Waals surface area contributed by atoms with Gasteiger partial charge in [-0.1, -0.05) is 50.7 Å². The fraction of sp³-hybridized carbons (Fsp3) is 0.360. The number of carbonyl (C=O) groups excluding carboxylic acids is 1. The van der Waals surface area contributed by atoms with E-state index in [1.54, 1.807) is 4.90 Å². The Kier molecular flexibility index (Phi) is 7.44. The Morgan fingerprint density at radius 2 is 1.85 bits per heavy atom. The van der Waals surface area contributed by atoms with Gasteiger partial charge in [0, 0.05) is 17.5 Å². The zero-order valence-corrected chi connectivity index (χ0v) is 20.0. The van der Waals surface area contributed by atoms with E-state index in [4.69, 9.17) is 9.47 Å². The molecule has 0 bridgehead atoms. The quantitative estimate of drug-likeness (QED) is 0.398. The van der Waals surface area contributed by atoms with Crippen LogP contribution in [-0.2, 0) is 4.79 Å². The van der Waals surface area contributed by atoms with Gasteiger partial charge in [0.1, 0.15) is 5.75 Å². The lowest BCUT2D eigenvalue weighted by atomic mass is 10.1. The van der Waals surface area contributed by atoms with Gasteiger partial charge in [-0.15, -0.1) is 10.2 Å². The Bertz CT molecular complexity index is 1110. The maximum Gasteiger partial charge on any atom is 0.247 e. The van der Waals surface area contributed by atoms with Crippen molar-refractivity contribution in [1.82, 2.24) is 15.2 Å². The average molecular weight is 465 g/mol. The average Bonchev–Trinajstić information content (AvgIpc) is 2.98. The molecule has 1 atom stereocenters. The Hall–Kier alpha value is -3.13. The molecule has 4 rings (SSSR count). The highest BCUT2D eigenvalue weighted by Gasteiger charge is 2.35. The third-order valence-corrected chi connectivity index (χ3v) is 5.88. The number of ether oxygens (including phenoxy) is 2. The second-order valence-corrected chi connectivity index (χ2v) is 8.83. The summed E-state index contributed by atoms with van der Waals surface area (Å²) in [6, 6.07) is 15.4. The Morgan fingerprint density at radius 1 is 1.06 bits per heavy atom. The van der Waals surface area contributed by atoms with Crippen LogP contribution in [0.5, 0.6) is 11.6 Å². The van der Waals surface area contributed by atoms with Gasteiger partial charge in [-0.25, -0.2) is 0 Å². The van der Waals surface area contributed by atoms with E-state index in [0.717, 1.165) is 41.2 Å². The molecule has 0 saturated carbocycles. The molecule has 172 valence electrons. The minimum atomic E-state index is -0.692. The van der Waals surface area contributed by atoms with Crippen LogP contribution in [0.15, 0.2) is 53.7 Å². The maximum atomic E-state index is 13.4. The summed E-state index contributed by atoms with van der Waals surface area (Å²) in [5.74, 6) is 1.95. The number of benzene rings is 2. The number of anilines is 1. The van der Waals surface area contributed by atoms with Gasteiger partial charge in [0.25, 0.3) is 0 Å². The van der Waals surface area contributed by atoms with E-state index in [-0.39, 0.29) is 5.91 Å². The van der Waals surface area contributed by atoms with Gasteiger partial charge < -0.3 is 9.47 Å². The summed E-state index contributed by atoms with van der Waals surface area (Å²) in [7, 11) is 0. The number of aromatic nitrogens is 3. The molecular formula is C25H28N4O3S. The monoisotopic (exact) mass is 464 g/mol. The van der Waals surface area contributed by atoms with E-state index in [9.17, 15) is 4.79 Å². The zero-order chi connectivity index (χ0) is 23.2. The summed E-state index contributed by atoms with van der Waals surface area (Å²) in [5, 5.41) is 9.25. The van der Waals surface area contributed by atoms with E-state index in [1.807, 2.05) is 62.4 Å². The smallest absolute Gasteiger partial charge is 0.247 e. The predicted molar refractivity (Wildman–Crippen MR) is 130 cm³/mol. The molecule has 1 amide bonds. The molecule has 0 N–H and O–H groups in total. The van der Waals surface area contributed by atoms with Crippen molar-refractivity contribution in [3.8, 4) is 22.9 Å². The molecule has 8 heteroatoms. The van der Waals surface area contributed by atoms with Gasteiger partial charge in [0.05, 0.1) is 12.3 Å². The first-order valence-corrected chi connectivity index (χ1v) is 12.3. The van der Waals surface area contributed by atoms with Crippen molar-refractivity contribution in [3.05, 3.63) is 54.1 Å². The predicted octanol–water partition coefficient (Wildman–Crippen LogP) is 5.66. The molecule has 0 saturated heterocycles. The lowest BCUT2D eigenvalue weighted by molar-refractivity contribution is -0.120. The van der Waals surface area contributed by atoms with E-state index in [1.165, 1.54) is 11.8 Å². The molecule has 1 aromatic heterocycles. The molecule has 33 heavy (non-hydrogen) atoms. The minimum Gasteiger partial charge on any atom is -0.494 e. The van der Waals surface area contributed by atoms with Gasteiger partial charge in [-0.3, -0.25) is 9.69 Å². The molecule has 7 nitrogen and oxygen atoms in total. The fourth-order valence-corrected chi connectivity index (χ4v) is 4.18. The van der Waals surface area contributed by atoms with Crippen molar-refractivity contribution in [3.63, 3.8) is 0 Å². The SMILES string of the molecule is CCCOc1ccc([C@@H]2Oc3nc(SCC)nnc3-c3ccccc3N2C(=O)CCC)cc1. The van der Waals surface area contributed by atoms with E-state index < -0.39 is 6.23 Å². The van der Waals surface area contributed by atoms with Crippen LogP contribution in [0.3, 0.4) is 0 Å². The van der Waals surface area contributed by atoms with Crippen LogP contribution in [0.1, 0.15) is 51.8 Å². The molecular weight excluding hydrogens is 436 g/mol. The van der Waals surface area contributed by atoms with Crippen molar-refractivity contribution in [2.75, 3.05) is 17.3 Å². The number of thioether (sulfide) groups is 1. The first-order chi connectivity index (χ1) is 16.2. The topological polar surface area (TPSA) is 77.4 Å². The summed E-state index contributed by atoms with van der Waals surface area (Å²) in [4.78, 5) is 19.7. The summed E-state index contributed by atoms with van der Waals surface area (Å²) in [6.07, 6.45) is 1.38. The van der Waals surface area contributed by atoms with Gasteiger partial charge in [-0.2, -0.15) is 4.98 Å². The molecule has 0 aliphatic carbocycles. The van der Waals surface area contributed by atoms with Crippen LogP contribution in [0.2, 0.25) is 0 Å². The first kappa shape index (κ1) is 23.0. The van der Waals surface area contributed by atoms with Crippen LogP contribution in [0.4, 0.5) is 5.69 Å². The van der Waals surface area contributed by atoms with Crippen molar-refractivity contribution < 1.29 is 14.3 Å². The zero-order valence-electron chi connectivity index (χ0n) is 19.2. The molecule has 1 aliphatic heterocycles. The highest BCUT2D eigenvalue weighted by atomic mass is 32.2. The Labute approximate surface area is 198 Å². The van der Waals surface area contributed by atoms with Crippen molar-refractivity contribution in [2.45, 2.75) is 51.4 Å². The van der Waals surface area contributed by atoms with Crippen LogP contribution >= 0.6 is 11.8 Å². The van der Waals surface area contributed by atoms with E-state index in [0.29, 0.717) is 29.8 Å². The normalized spacial score (nSPS) is 14.6. The van der Waals surface area contributed by atoms with E-state index >= 15 is 0 Å². The van der Waals surface area contributed by atoms with Gasteiger partial charge in [-0.05, 0) is 48.9 Å². The number of rotatable bonds is 8. The van der Waals surface area contributed by atoms with Crippen LogP contribution in [-0.4, -0.2) is 33.4 Å². The molecule has 1 aliphatic rings. The van der Waals surface area contributed by atoms with Gasteiger partial charge in [0.2, 0.25) is 23.2 Å². The number of carbonyl (C=O) groups is 1. The summed E-state index contributed by atoms with van der Waals surface area (Å²) in [6.45, 7) is 6.75. The maximum absolute atomic E-state index is 13.4. The fourth-order valence-electron chi connectivity index (χ4n) is 3.67. The lowest BCUT2D eigenvalue weighted by Gasteiger charge is -2.31. The number of para-hydroxylation sites is 1. The van der Waals surface area contributed by atoms with Crippen molar-refractivity contribution in [2.24, 2.45) is 0 Å².